The summed E-state index contributed by atoms with van der Waals surface area (Å²) >= 11 is 0. The molecule has 8 bridgehead atoms. The predicted molar refractivity (Wildman–Crippen MR) is 326 cm³/mol. The first kappa shape index (κ1) is 43.9. The molecule has 0 N–H and O–H groups in total. The van der Waals surface area contributed by atoms with E-state index in [1.165, 1.54) is 187 Å². The van der Waals surface area contributed by atoms with Crippen LogP contribution in [-0.4, -0.2) is 11.3 Å². The van der Waals surface area contributed by atoms with Gasteiger partial charge in [-0.15, -0.1) is 0 Å². The number of benzene rings is 9. The SMILES string of the molecule is CC(C)(C)c1ccc(N2c3cc4ccccc4c4c3B(c3ccc5oc6cc7ccccc7cc6c5c32)n2c3ccc(C56CC7CC(CC(C7)C5)C6)cc3c3cc(C56CC7CC(CC(C7)C5)C6)cc-4c32)c(-c2ccccc2)c1. The highest BCUT2D eigenvalue weighted by Crippen LogP contribution is 2.64. The summed E-state index contributed by atoms with van der Waals surface area (Å²) in [6, 6.07) is 62.6. The molecule has 0 atom stereocenters. The Balaban J connectivity index is 0.968. The van der Waals surface area contributed by atoms with E-state index >= 15 is 0 Å². The molecule has 3 nitrogen and oxygen atoms in total. The van der Waals surface area contributed by atoms with Crippen molar-refractivity contribution in [3.8, 4) is 22.3 Å². The number of aromatic nitrogens is 1. The number of fused-ring (bicyclic) bond motifs is 14. The molecule has 2 aromatic heterocycles. The minimum absolute atomic E-state index is 0.0430. The van der Waals surface area contributed by atoms with Crippen molar-refractivity contribution in [1.29, 1.82) is 0 Å². The third-order valence-electron chi connectivity index (χ3n) is 22.5. The maximum absolute atomic E-state index is 7.12. The molecule has 9 aromatic carbocycles. The van der Waals surface area contributed by atoms with Gasteiger partial charge in [0.1, 0.15) is 11.2 Å². The van der Waals surface area contributed by atoms with E-state index in [1.807, 2.05) is 0 Å². The normalized spacial score (nSPS) is 27.1. The van der Waals surface area contributed by atoms with E-state index in [1.54, 1.807) is 11.1 Å². The minimum atomic E-state index is -0.0852. The number of nitrogens with zero attached hydrogens (tertiary/aromatic N) is 2. The molecule has 11 aromatic rings. The molecular weight excluding hydrogens is 944 g/mol. The predicted octanol–water partition coefficient (Wildman–Crippen LogP) is 18.3. The van der Waals surface area contributed by atoms with Gasteiger partial charge in [-0.05, 0) is 250 Å². The summed E-state index contributed by atoms with van der Waals surface area (Å²) in [5.74, 6) is 5.29. The van der Waals surface area contributed by atoms with Crippen LogP contribution in [0.1, 0.15) is 115 Å². The van der Waals surface area contributed by atoms with Gasteiger partial charge in [-0.25, -0.2) is 0 Å². The van der Waals surface area contributed by atoms with Crippen LogP contribution in [0.25, 0.3) is 87.5 Å². The topological polar surface area (TPSA) is 21.3 Å². The van der Waals surface area contributed by atoms with Crippen LogP contribution in [0.15, 0.2) is 162 Å². The van der Waals surface area contributed by atoms with E-state index in [-0.39, 0.29) is 17.7 Å². The van der Waals surface area contributed by atoms with Crippen molar-refractivity contribution >= 4 is 100 Å². The van der Waals surface area contributed by atoms with Crippen molar-refractivity contribution in [1.82, 2.24) is 4.48 Å². The van der Waals surface area contributed by atoms with Gasteiger partial charge < -0.3 is 13.8 Å². The summed E-state index contributed by atoms with van der Waals surface area (Å²) in [7, 11) is 0. The highest BCUT2D eigenvalue weighted by molar-refractivity contribution is 6.90. The molecule has 10 aliphatic rings. The standard InChI is InChI=1S/C74H65BN2O/c1-72(2,3)52-17-20-62(56(32-52)48-11-5-4-6-12-48)76-64-30-51-15-9-10-16-55(51)67-60-35-54(74-39-45-26-46(40-74)28-47(27-45)41-74)34-58-57-33-53(73-36-42-23-43(37-73)25-44(24-42)38-73)18-21-63(57)77(70(58)60)75(69(64)67)61-19-22-65-68(71(61)76)59-29-49-13-7-8-14-50(49)31-66(59)78-65/h4-22,29-35,42-47H,23-28,36-41H2,1-3H3. The van der Waals surface area contributed by atoms with Gasteiger partial charge in [0.15, 0.2) is 0 Å². The second-order valence-corrected chi connectivity index (χ2v) is 28.1. The van der Waals surface area contributed by atoms with Gasteiger partial charge in [0.2, 0.25) is 0 Å². The average Bonchev–Trinajstić information content (AvgIpc) is 3.09. The number of furan rings is 1. The van der Waals surface area contributed by atoms with Gasteiger partial charge in [-0.1, -0.05) is 118 Å². The summed E-state index contributed by atoms with van der Waals surface area (Å²) in [6.45, 7) is 6.97. The summed E-state index contributed by atoms with van der Waals surface area (Å²) in [4.78, 5) is 2.72. The zero-order valence-corrected chi connectivity index (χ0v) is 45.3. The van der Waals surface area contributed by atoms with Crippen LogP contribution in [0.2, 0.25) is 0 Å². The lowest BCUT2D eigenvalue weighted by Crippen LogP contribution is -2.56. The van der Waals surface area contributed by atoms with Crippen molar-refractivity contribution in [2.75, 3.05) is 4.90 Å². The number of rotatable bonds is 4. The maximum atomic E-state index is 7.12. The van der Waals surface area contributed by atoms with Crippen LogP contribution in [0.3, 0.4) is 0 Å². The first-order chi connectivity index (χ1) is 38.1. The fraction of sp³-hybridized carbons (Fsp3) is 0.324. The van der Waals surface area contributed by atoms with Crippen LogP contribution < -0.4 is 15.8 Å². The number of hydrogen-bond acceptors (Lipinski definition) is 2. The molecule has 380 valence electrons. The van der Waals surface area contributed by atoms with Crippen molar-refractivity contribution < 1.29 is 4.42 Å². The monoisotopic (exact) mass is 1010 g/mol. The zero-order valence-electron chi connectivity index (χ0n) is 45.3. The Morgan fingerprint density at radius 1 is 0.487 bits per heavy atom. The molecule has 8 aliphatic carbocycles. The van der Waals surface area contributed by atoms with Crippen LogP contribution in [0.5, 0.6) is 0 Å². The summed E-state index contributed by atoms with van der Waals surface area (Å²) in [5, 5.41) is 10.4. The largest absolute Gasteiger partial charge is 0.456 e. The lowest BCUT2D eigenvalue weighted by atomic mass is 9.44. The van der Waals surface area contributed by atoms with Gasteiger partial charge in [-0.2, -0.15) is 0 Å². The second-order valence-electron chi connectivity index (χ2n) is 28.1. The smallest absolute Gasteiger partial charge is 0.333 e. The molecule has 78 heavy (non-hydrogen) atoms. The molecule has 2 aliphatic heterocycles. The fourth-order valence-corrected chi connectivity index (χ4v) is 20.2. The van der Waals surface area contributed by atoms with Crippen molar-refractivity contribution in [3.05, 3.63) is 174 Å². The Morgan fingerprint density at radius 2 is 1.12 bits per heavy atom. The van der Waals surface area contributed by atoms with E-state index in [4.69, 9.17) is 4.42 Å². The van der Waals surface area contributed by atoms with Gasteiger partial charge >= 0.3 is 6.85 Å². The molecule has 4 heterocycles. The Bertz CT molecular complexity index is 4400. The van der Waals surface area contributed by atoms with Gasteiger partial charge in [-0.3, -0.25) is 0 Å². The van der Waals surface area contributed by atoms with Crippen molar-refractivity contribution in [3.63, 3.8) is 0 Å². The second kappa shape index (κ2) is 15.0. The van der Waals surface area contributed by atoms with Crippen LogP contribution in [0.4, 0.5) is 17.1 Å². The van der Waals surface area contributed by atoms with E-state index in [2.05, 4.69) is 188 Å². The third-order valence-corrected chi connectivity index (χ3v) is 22.5. The Labute approximate surface area is 457 Å². The van der Waals surface area contributed by atoms with Crippen LogP contribution >= 0.6 is 0 Å². The molecule has 21 rings (SSSR count). The molecule has 0 unspecified atom stereocenters. The minimum Gasteiger partial charge on any atom is -0.456 e. The van der Waals surface area contributed by atoms with Gasteiger partial charge in [0.05, 0.1) is 16.8 Å². The summed E-state index contributed by atoms with van der Waals surface area (Å²) in [5.41, 5.74) is 21.6. The summed E-state index contributed by atoms with van der Waals surface area (Å²) in [6.07, 6.45) is 17.0. The zero-order chi connectivity index (χ0) is 51.1. The molecule has 8 saturated carbocycles. The molecule has 0 radical (unpaired) electrons. The quantitative estimate of drug-likeness (QED) is 0.164. The Morgan fingerprint density at radius 3 is 1.81 bits per heavy atom. The first-order valence-electron chi connectivity index (χ1n) is 30.2. The van der Waals surface area contributed by atoms with E-state index in [9.17, 15) is 0 Å². The Kier molecular flexibility index (Phi) is 8.44. The molecule has 0 spiro atoms. The molecular formula is C74H65BN2O. The van der Waals surface area contributed by atoms with Crippen LogP contribution in [0, 0.1) is 35.5 Å². The number of anilines is 3. The van der Waals surface area contributed by atoms with Crippen LogP contribution in [-0.2, 0) is 16.2 Å². The average molecular weight is 1010 g/mol. The lowest BCUT2D eigenvalue weighted by molar-refractivity contribution is -0.00527. The highest BCUT2D eigenvalue weighted by Gasteiger charge is 2.54. The highest BCUT2D eigenvalue weighted by atomic mass is 16.3. The Hall–Kier alpha value is -7.04. The van der Waals surface area contributed by atoms with E-state index in [0.29, 0.717) is 5.41 Å². The first-order valence-corrected chi connectivity index (χ1v) is 30.2. The van der Waals surface area contributed by atoms with Crippen molar-refractivity contribution in [2.24, 2.45) is 35.5 Å². The third kappa shape index (κ3) is 5.82. The summed E-state index contributed by atoms with van der Waals surface area (Å²) < 4.78 is 10.0. The van der Waals surface area contributed by atoms with E-state index < -0.39 is 0 Å². The van der Waals surface area contributed by atoms with Gasteiger partial charge in [0, 0.05) is 44.0 Å². The lowest BCUT2D eigenvalue weighted by Gasteiger charge is -2.57. The van der Waals surface area contributed by atoms with Gasteiger partial charge in [0.25, 0.3) is 0 Å². The molecule has 8 fully saturated rings. The molecule has 4 heteroatoms. The molecule has 0 saturated heterocycles. The van der Waals surface area contributed by atoms with E-state index in [0.717, 1.165) is 46.7 Å². The van der Waals surface area contributed by atoms with Crippen molar-refractivity contribution in [2.45, 2.75) is 114 Å². The fourth-order valence-electron chi connectivity index (χ4n) is 20.2. The maximum Gasteiger partial charge on any atom is 0.333 e. The molecule has 0 amide bonds. The number of hydrogen-bond donors (Lipinski definition) is 0.